The van der Waals surface area contributed by atoms with Gasteiger partial charge in [0.05, 0.1) is 0 Å². The maximum absolute atomic E-state index is 13.1. The van der Waals surface area contributed by atoms with Crippen LogP contribution in [0.5, 0.6) is 0 Å². The molecule has 6 rings (SSSR count). The molecule has 0 amide bonds. The van der Waals surface area contributed by atoms with Crippen LogP contribution in [-0.2, 0) is 12.3 Å². The zero-order valence-corrected chi connectivity index (χ0v) is 28.5. The van der Waals surface area contributed by atoms with Crippen LogP contribution in [0.1, 0.15) is 11.1 Å². The summed E-state index contributed by atoms with van der Waals surface area (Å²) in [7, 11) is -4.57. The average molecular weight is 692 g/mol. The van der Waals surface area contributed by atoms with Crippen molar-refractivity contribution in [3.8, 4) is 0 Å². The van der Waals surface area contributed by atoms with E-state index in [2.05, 4.69) is 0 Å². The lowest BCUT2D eigenvalue weighted by molar-refractivity contribution is 0.627. The first-order chi connectivity index (χ1) is 21.4. The number of benzene rings is 6. The molecule has 0 aliphatic heterocycles. The van der Waals surface area contributed by atoms with E-state index in [-0.39, 0.29) is 36.4 Å². The fourth-order valence-corrected chi connectivity index (χ4v) is 10.7. The molecule has 0 fully saturated rings. The second-order valence-electron chi connectivity index (χ2n) is 10.5. The summed E-state index contributed by atoms with van der Waals surface area (Å²) in [5.41, 5.74) is 2.00. The number of nitrogens with one attached hydrogen (secondary N) is 2. The van der Waals surface area contributed by atoms with Crippen molar-refractivity contribution in [2.24, 2.45) is 0 Å². The Bertz CT molecular complexity index is 1630. The third-order valence-corrected chi connectivity index (χ3v) is 13.9. The van der Waals surface area contributed by atoms with Crippen molar-refractivity contribution in [3.63, 3.8) is 0 Å². The molecule has 6 aromatic carbocycles. The summed E-state index contributed by atoms with van der Waals surface area (Å²) in [5, 5.41) is 22.6. The quantitative estimate of drug-likeness (QED) is 0.149. The van der Waals surface area contributed by atoms with Gasteiger partial charge in [-0.1, -0.05) is 146 Å². The predicted molar refractivity (Wildman–Crippen MR) is 198 cm³/mol. The van der Waals surface area contributed by atoms with Gasteiger partial charge in [0.2, 0.25) is 0 Å². The Hall–Kier alpha value is -3.78. The normalized spacial score (nSPS) is 10.8. The summed E-state index contributed by atoms with van der Waals surface area (Å²) in [5.74, 6) is -0.478. The number of hydrogen-bond donors (Lipinski definition) is 2. The topological polar surface area (TPSA) is 47.7 Å². The van der Waals surface area contributed by atoms with Crippen LogP contribution in [0.15, 0.2) is 170 Å². The van der Waals surface area contributed by atoms with Crippen LogP contribution >= 0.6 is 38.9 Å². The lowest BCUT2D eigenvalue weighted by Crippen LogP contribution is -2.17. The lowest BCUT2D eigenvalue weighted by atomic mass is 10.2. The molecule has 46 heavy (non-hydrogen) atoms. The minimum atomic E-state index is -2.28. The second kappa shape index (κ2) is 17.2. The van der Waals surface area contributed by atoms with Crippen molar-refractivity contribution in [3.05, 3.63) is 193 Å². The van der Waals surface area contributed by atoms with Crippen LogP contribution in [0.3, 0.4) is 0 Å². The van der Waals surface area contributed by atoms with Gasteiger partial charge >= 0.3 is 0 Å². The van der Waals surface area contributed by atoms with Crippen molar-refractivity contribution in [1.82, 2.24) is 0 Å². The van der Waals surface area contributed by atoms with Crippen LogP contribution < -0.4 is 21.2 Å². The lowest BCUT2D eigenvalue weighted by Gasteiger charge is -2.23. The molecule has 0 radical (unpaired) electrons. The molecule has 0 saturated heterocycles. The van der Waals surface area contributed by atoms with Gasteiger partial charge in [-0.15, -0.1) is 24.8 Å². The van der Waals surface area contributed by atoms with E-state index in [1.165, 1.54) is 24.3 Å². The molecule has 0 aromatic heterocycles. The summed E-state index contributed by atoms with van der Waals surface area (Å²) in [6.07, 6.45) is 1.22. The minimum absolute atomic E-state index is 0. The summed E-state index contributed by atoms with van der Waals surface area (Å²) < 4.78 is 26.3. The van der Waals surface area contributed by atoms with Crippen molar-refractivity contribution < 1.29 is 8.78 Å². The van der Waals surface area contributed by atoms with Gasteiger partial charge in [0, 0.05) is 26.4 Å². The van der Waals surface area contributed by atoms with E-state index in [1.54, 1.807) is 24.3 Å². The molecule has 0 aliphatic carbocycles. The number of halogens is 4. The second-order valence-corrected chi connectivity index (χ2v) is 16.5. The van der Waals surface area contributed by atoms with Crippen molar-refractivity contribution >= 4 is 60.1 Å². The molecule has 0 spiro atoms. The Morgan fingerprint density at radius 3 is 0.783 bits per heavy atom. The van der Waals surface area contributed by atoms with E-state index < -0.39 is 14.1 Å². The Kier molecular flexibility index (Phi) is 13.7. The number of hydrogen-bond acceptors (Lipinski definition) is 2. The third-order valence-electron chi connectivity index (χ3n) is 7.45. The van der Waals surface area contributed by atoms with E-state index in [0.717, 1.165) is 32.3 Å². The number of rotatable bonds is 8. The van der Waals surface area contributed by atoms with Gasteiger partial charge in [-0.2, -0.15) is 0 Å². The van der Waals surface area contributed by atoms with E-state index in [4.69, 9.17) is 0 Å². The maximum atomic E-state index is 13.1. The fourth-order valence-electron chi connectivity index (χ4n) is 5.12. The van der Waals surface area contributed by atoms with Crippen molar-refractivity contribution in [1.29, 1.82) is 10.3 Å². The highest BCUT2D eigenvalue weighted by molar-refractivity contribution is 7.79. The molecule has 0 atom stereocenters. The van der Waals surface area contributed by atoms with Crippen LogP contribution in [0.25, 0.3) is 0 Å². The van der Waals surface area contributed by atoms with E-state index in [0.29, 0.717) is 12.3 Å². The van der Waals surface area contributed by atoms with Gasteiger partial charge in [-0.25, -0.2) is 8.78 Å². The highest BCUT2D eigenvalue weighted by Gasteiger charge is 2.23. The molecule has 8 heteroatoms. The summed E-state index contributed by atoms with van der Waals surface area (Å²) in [6, 6.07) is 52.9. The fraction of sp³-hybridized carbons (Fsp3) is 0.0526. The summed E-state index contributed by atoms with van der Waals surface area (Å²) in [4.78, 5) is 0. The molecule has 236 valence electrons. The zero-order valence-electron chi connectivity index (χ0n) is 25.0. The Balaban J connectivity index is 0.000000240. The van der Waals surface area contributed by atoms with Crippen LogP contribution in [0, 0.1) is 22.0 Å². The standard InChI is InChI=1S/2C19H17FNP.2ClH/c2*20-17-13-11-16(12-14-17)15-22(21,18-7-3-1-4-8-18)19-9-5-2-6-10-19;;/h2*1-14,21H,15H2;2*1H. The van der Waals surface area contributed by atoms with Gasteiger partial charge in [-0.3, -0.25) is 0 Å². The van der Waals surface area contributed by atoms with E-state index in [1.807, 2.05) is 121 Å². The molecule has 0 unspecified atom stereocenters. The van der Waals surface area contributed by atoms with Crippen LogP contribution in [0.4, 0.5) is 8.78 Å². The first-order valence-electron chi connectivity index (χ1n) is 14.3. The minimum Gasteiger partial charge on any atom is -0.309 e. The van der Waals surface area contributed by atoms with E-state index in [9.17, 15) is 19.1 Å². The largest absolute Gasteiger partial charge is 0.309 e. The van der Waals surface area contributed by atoms with Crippen molar-refractivity contribution in [2.45, 2.75) is 12.3 Å². The SMILES string of the molecule is Cl.Cl.N=P(Cc1ccc(F)cc1)(c1ccccc1)c1ccccc1.N=P(Cc1ccc(F)cc1)(c1ccccc1)c1ccccc1. The Morgan fingerprint density at radius 2 is 0.565 bits per heavy atom. The molecule has 0 bridgehead atoms. The van der Waals surface area contributed by atoms with Gasteiger partial charge in [0.15, 0.2) is 0 Å². The molecule has 2 nitrogen and oxygen atoms in total. The highest BCUT2D eigenvalue weighted by Crippen LogP contribution is 2.48. The molecule has 6 aromatic rings. The van der Waals surface area contributed by atoms with Crippen LogP contribution in [-0.4, -0.2) is 0 Å². The Morgan fingerprint density at radius 1 is 0.348 bits per heavy atom. The van der Waals surface area contributed by atoms with Crippen molar-refractivity contribution in [2.75, 3.05) is 0 Å². The third kappa shape index (κ3) is 9.15. The maximum Gasteiger partial charge on any atom is 0.123 e. The van der Waals surface area contributed by atoms with Crippen LogP contribution in [0.2, 0.25) is 0 Å². The molecular weight excluding hydrogens is 655 g/mol. The molecule has 0 saturated carbocycles. The smallest absolute Gasteiger partial charge is 0.123 e. The first-order valence-corrected chi connectivity index (χ1v) is 18.3. The summed E-state index contributed by atoms with van der Waals surface area (Å²) in [6.45, 7) is 0. The first kappa shape index (κ1) is 36.7. The molecule has 2 N–H and O–H groups in total. The zero-order chi connectivity index (χ0) is 30.8. The molecule has 0 heterocycles. The highest BCUT2D eigenvalue weighted by atomic mass is 35.5. The summed E-state index contributed by atoms with van der Waals surface area (Å²) >= 11 is 0. The van der Waals surface area contributed by atoms with Gasteiger partial charge in [-0.05, 0) is 56.6 Å². The Labute approximate surface area is 283 Å². The monoisotopic (exact) mass is 690 g/mol. The molecular formula is C38H36Cl2F2N2P2. The predicted octanol–water partition coefficient (Wildman–Crippen LogP) is 10.4. The van der Waals surface area contributed by atoms with Gasteiger partial charge in [0.1, 0.15) is 11.6 Å². The van der Waals surface area contributed by atoms with Gasteiger partial charge in [0.25, 0.3) is 0 Å². The van der Waals surface area contributed by atoms with E-state index >= 15 is 0 Å². The average Bonchev–Trinajstić information content (AvgIpc) is 3.09. The molecule has 0 aliphatic rings. The van der Waals surface area contributed by atoms with Gasteiger partial charge < -0.3 is 10.3 Å².